The molecule has 1 saturated carbocycles. The van der Waals surface area contributed by atoms with Crippen molar-refractivity contribution in [1.29, 1.82) is 5.26 Å². The summed E-state index contributed by atoms with van der Waals surface area (Å²) in [6.45, 7) is -0.119. The van der Waals surface area contributed by atoms with Crippen LogP contribution < -0.4 is 15.1 Å². The molecule has 14 heteroatoms. The molecule has 2 aromatic carbocycles. The highest BCUT2D eigenvalue weighted by Gasteiger charge is 2.56. The largest absolute Gasteiger partial charge is 0.419 e. The molecule has 44 heavy (non-hydrogen) atoms. The predicted octanol–water partition coefficient (Wildman–Crippen LogP) is 5.76. The molecule has 2 amide bonds. The molecule has 9 nitrogen and oxygen atoms in total. The number of rotatable bonds is 5. The second-order valence-electron chi connectivity index (χ2n) is 10.7. The molecular weight excluding hydrogens is 598 g/mol. The maximum Gasteiger partial charge on any atom is 0.419 e. The fourth-order valence-electron chi connectivity index (χ4n) is 5.89. The molecule has 0 atom stereocenters. The number of halogens is 4. The molecule has 1 saturated heterocycles. The van der Waals surface area contributed by atoms with Gasteiger partial charge in [-0.3, -0.25) is 19.6 Å². The van der Waals surface area contributed by atoms with Gasteiger partial charge < -0.3 is 10.2 Å². The van der Waals surface area contributed by atoms with Crippen molar-refractivity contribution in [3.63, 3.8) is 0 Å². The van der Waals surface area contributed by atoms with E-state index in [4.69, 9.17) is 17.5 Å². The highest BCUT2D eigenvalue weighted by atomic mass is 32.1. The topological polar surface area (TPSA) is 118 Å². The quantitative estimate of drug-likeness (QED) is 0.215. The highest BCUT2D eigenvalue weighted by Crippen LogP contribution is 2.45. The van der Waals surface area contributed by atoms with Gasteiger partial charge in [0.2, 0.25) is 0 Å². The average molecular weight is 622 g/mol. The Morgan fingerprint density at radius 2 is 1.86 bits per heavy atom. The number of carbonyl (C=O) groups is 2. The third kappa shape index (κ3) is 4.92. The van der Waals surface area contributed by atoms with Gasteiger partial charge in [0, 0.05) is 28.7 Å². The predicted molar refractivity (Wildman–Crippen MR) is 156 cm³/mol. The number of nitrogens with one attached hydrogen (secondary N) is 2. The lowest BCUT2D eigenvalue weighted by molar-refractivity contribution is -0.138. The maximum atomic E-state index is 15.5. The van der Waals surface area contributed by atoms with Crippen LogP contribution in [0.3, 0.4) is 0 Å². The standard InChI is InChI=1S/C30H23F4N7O2S/c31-23-12-20(6-4-18(23)14-37-26(42)17-5-7-24-19(10-17)15-38-39-24)41-28(44)40(27(43)29(41)8-2-1-3-9-29)21-11-22(30(32,33)34)25(13-35)36-16-21/h4-7,10-12,15-16H,1-3,8-9,14H2,(H,37,42)(H,38,39). The van der Waals surface area contributed by atoms with Crippen LogP contribution in [0.2, 0.25) is 0 Å². The van der Waals surface area contributed by atoms with Gasteiger partial charge in [-0.25, -0.2) is 9.37 Å². The van der Waals surface area contributed by atoms with E-state index < -0.39 is 40.6 Å². The molecule has 1 spiro atoms. The Labute approximate surface area is 253 Å². The van der Waals surface area contributed by atoms with Crippen LogP contribution in [0.1, 0.15) is 59.3 Å². The molecule has 224 valence electrons. The summed E-state index contributed by atoms with van der Waals surface area (Å²) in [7, 11) is 0. The van der Waals surface area contributed by atoms with Crippen LogP contribution >= 0.6 is 12.2 Å². The van der Waals surface area contributed by atoms with Crippen molar-refractivity contribution in [1.82, 2.24) is 20.5 Å². The van der Waals surface area contributed by atoms with Gasteiger partial charge in [-0.15, -0.1) is 0 Å². The van der Waals surface area contributed by atoms with E-state index in [2.05, 4.69) is 20.5 Å². The van der Waals surface area contributed by atoms with Gasteiger partial charge in [0.25, 0.3) is 11.8 Å². The lowest BCUT2D eigenvalue weighted by Gasteiger charge is -2.39. The normalized spacial score (nSPS) is 16.5. The summed E-state index contributed by atoms with van der Waals surface area (Å²) < 4.78 is 56.6. The zero-order chi connectivity index (χ0) is 31.2. The Morgan fingerprint density at radius 3 is 2.57 bits per heavy atom. The van der Waals surface area contributed by atoms with E-state index in [1.54, 1.807) is 30.5 Å². The van der Waals surface area contributed by atoms with Crippen LogP contribution in [0.4, 0.5) is 28.9 Å². The van der Waals surface area contributed by atoms with E-state index >= 15 is 4.39 Å². The fraction of sp³-hybridized carbons (Fsp3) is 0.267. The molecule has 2 fully saturated rings. The van der Waals surface area contributed by atoms with Crippen molar-refractivity contribution in [3.8, 4) is 6.07 Å². The first-order valence-corrected chi connectivity index (χ1v) is 14.1. The Hall–Kier alpha value is -4.90. The second-order valence-corrected chi connectivity index (χ2v) is 11.0. The third-order valence-corrected chi connectivity index (χ3v) is 8.44. The van der Waals surface area contributed by atoms with Crippen molar-refractivity contribution < 1.29 is 27.2 Å². The van der Waals surface area contributed by atoms with Crippen LogP contribution in [0.15, 0.2) is 54.9 Å². The molecule has 6 rings (SSSR count). The molecule has 3 heterocycles. The number of fused-ring (bicyclic) bond motifs is 1. The number of aromatic nitrogens is 3. The van der Waals surface area contributed by atoms with Crippen LogP contribution in [0.5, 0.6) is 0 Å². The van der Waals surface area contributed by atoms with Crippen molar-refractivity contribution in [2.75, 3.05) is 9.80 Å². The minimum Gasteiger partial charge on any atom is -0.348 e. The number of nitriles is 1. The Morgan fingerprint density at radius 1 is 1.09 bits per heavy atom. The molecular formula is C30H23F4N7O2S. The number of alkyl halides is 3. The van der Waals surface area contributed by atoms with Crippen molar-refractivity contribution in [2.45, 2.75) is 50.4 Å². The number of amides is 2. The number of nitrogens with zero attached hydrogens (tertiary/aromatic N) is 5. The minimum absolute atomic E-state index is 0.119. The zero-order valence-corrected chi connectivity index (χ0v) is 23.7. The summed E-state index contributed by atoms with van der Waals surface area (Å²) in [6.07, 6.45) is 0.607. The number of hydrogen-bond donors (Lipinski definition) is 2. The monoisotopic (exact) mass is 621 g/mol. The zero-order valence-electron chi connectivity index (χ0n) is 22.9. The number of H-pyrrole nitrogens is 1. The number of benzene rings is 2. The van der Waals surface area contributed by atoms with Gasteiger partial charge in [-0.1, -0.05) is 25.3 Å². The van der Waals surface area contributed by atoms with Gasteiger partial charge in [0.15, 0.2) is 10.8 Å². The van der Waals surface area contributed by atoms with Gasteiger partial charge in [0.1, 0.15) is 17.4 Å². The number of anilines is 2. The number of pyridine rings is 1. The highest BCUT2D eigenvalue weighted by molar-refractivity contribution is 7.81. The SMILES string of the molecule is N#Cc1ncc(N2C(=O)C3(CCCCC3)N(c3ccc(CNC(=O)c4ccc5[nH]ncc5c4)c(F)c3)C2=S)cc1C(F)(F)F. The first-order valence-electron chi connectivity index (χ1n) is 13.7. The summed E-state index contributed by atoms with van der Waals surface area (Å²) in [5.74, 6) is -1.60. The van der Waals surface area contributed by atoms with Crippen LogP contribution in [-0.2, 0) is 17.5 Å². The number of thiocarbonyl (C=S) groups is 1. The lowest BCUT2D eigenvalue weighted by Crippen LogP contribution is -2.51. The number of aromatic amines is 1. The van der Waals surface area contributed by atoms with Crippen molar-refractivity contribution in [2.24, 2.45) is 0 Å². The molecule has 0 bridgehead atoms. The molecule has 0 unspecified atom stereocenters. The lowest BCUT2D eigenvalue weighted by atomic mass is 9.80. The van der Waals surface area contributed by atoms with Gasteiger partial charge in [0.05, 0.1) is 29.2 Å². The van der Waals surface area contributed by atoms with Crippen molar-refractivity contribution in [3.05, 3.63) is 83.1 Å². The molecule has 4 aromatic rings. The summed E-state index contributed by atoms with van der Waals surface area (Å²) in [5, 5.41) is 19.2. The summed E-state index contributed by atoms with van der Waals surface area (Å²) in [6, 6.07) is 11.4. The first kappa shape index (κ1) is 29.2. The fourth-order valence-corrected chi connectivity index (χ4v) is 6.36. The molecule has 1 aliphatic heterocycles. The number of carbonyl (C=O) groups excluding carboxylic acids is 2. The third-order valence-electron chi connectivity index (χ3n) is 8.07. The van der Waals surface area contributed by atoms with Gasteiger partial charge in [-0.05, 0) is 61.5 Å². The Kier molecular flexibility index (Phi) is 7.28. The number of hydrogen-bond acceptors (Lipinski definition) is 6. The van der Waals surface area contributed by atoms with E-state index in [9.17, 15) is 22.8 Å². The molecule has 2 N–H and O–H groups in total. The Bertz CT molecular complexity index is 1860. The van der Waals surface area contributed by atoms with E-state index in [-0.39, 0.29) is 28.6 Å². The van der Waals surface area contributed by atoms with Crippen LogP contribution in [-0.4, -0.2) is 37.6 Å². The minimum atomic E-state index is -4.89. The molecule has 2 aliphatic rings. The summed E-state index contributed by atoms with van der Waals surface area (Å²) in [4.78, 5) is 32.9. The van der Waals surface area contributed by atoms with E-state index in [0.717, 1.165) is 28.4 Å². The summed E-state index contributed by atoms with van der Waals surface area (Å²) >= 11 is 5.67. The average Bonchev–Trinajstić information content (AvgIpc) is 3.56. The maximum absolute atomic E-state index is 15.5. The van der Waals surface area contributed by atoms with E-state index in [0.29, 0.717) is 37.3 Å². The van der Waals surface area contributed by atoms with Gasteiger partial charge >= 0.3 is 6.18 Å². The molecule has 0 radical (unpaired) electrons. The first-order chi connectivity index (χ1) is 21.0. The van der Waals surface area contributed by atoms with Crippen LogP contribution in [0, 0.1) is 17.1 Å². The molecule has 2 aromatic heterocycles. The van der Waals surface area contributed by atoms with Crippen LogP contribution in [0.25, 0.3) is 10.9 Å². The van der Waals surface area contributed by atoms with Gasteiger partial charge in [-0.2, -0.15) is 23.5 Å². The second kappa shape index (κ2) is 11.0. The summed E-state index contributed by atoms with van der Waals surface area (Å²) in [5.41, 5.74) is -1.98. The molecule has 1 aliphatic carbocycles. The van der Waals surface area contributed by atoms with E-state index in [1.807, 2.05) is 0 Å². The smallest absolute Gasteiger partial charge is 0.348 e. The Balaban J connectivity index is 1.29. The van der Waals surface area contributed by atoms with E-state index in [1.165, 1.54) is 23.1 Å². The van der Waals surface area contributed by atoms with Crippen molar-refractivity contribution >= 4 is 51.4 Å².